The number of ether oxygens (including phenoxy) is 2. The number of halogens is 6. The molecule has 3 N–H and O–H groups in total. The van der Waals surface area contributed by atoms with Crippen molar-refractivity contribution in [2.75, 3.05) is 13.7 Å². The molecule has 16 heteroatoms. The normalized spacial score (nSPS) is 29.7. The van der Waals surface area contributed by atoms with E-state index in [2.05, 4.69) is 22.8 Å². The van der Waals surface area contributed by atoms with Gasteiger partial charge in [-0.1, -0.05) is 6.42 Å². The molecule has 0 spiro atoms. The van der Waals surface area contributed by atoms with E-state index in [1.165, 1.54) is 41.3 Å². The van der Waals surface area contributed by atoms with Crippen molar-refractivity contribution in [2.45, 2.75) is 60.7 Å². The third kappa shape index (κ3) is 5.54. The molecule has 1 aliphatic heterocycles. The van der Waals surface area contributed by atoms with E-state index in [1.807, 2.05) is 0 Å². The molecule has 1 aliphatic carbocycles. The minimum atomic E-state index is -1.72. The molecule has 2 aromatic carbocycles. The maximum atomic E-state index is 14.2. The van der Waals surface area contributed by atoms with Crippen molar-refractivity contribution < 1.29 is 51.1 Å². The first-order chi connectivity index (χ1) is 22.4. The fraction of sp³-hybridized carbons (Fsp3) is 0.419. The molecule has 0 amide bonds. The van der Waals surface area contributed by atoms with E-state index < -0.39 is 88.9 Å². The van der Waals surface area contributed by atoms with E-state index in [1.54, 1.807) is 0 Å². The number of aliphatic hydroxyl groups is 3. The Morgan fingerprint density at radius 1 is 0.872 bits per heavy atom. The number of methoxy groups -OCH3 is 1. The predicted octanol–water partition coefficient (Wildman–Crippen LogP) is 4.37. The van der Waals surface area contributed by atoms with Crippen molar-refractivity contribution in [3.8, 4) is 22.3 Å². The van der Waals surface area contributed by atoms with Crippen LogP contribution in [0.4, 0.5) is 26.3 Å². The van der Waals surface area contributed by atoms with Gasteiger partial charge in [0.2, 0.25) is 0 Å². The van der Waals surface area contributed by atoms with Crippen LogP contribution in [0.5, 0.6) is 0 Å². The van der Waals surface area contributed by atoms with E-state index >= 15 is 0 Å². The molecule has 9 nitrogen and oxygen atoms in total. The first-order valence-electron chi connectivity index (χ1n) is 14.6. The Morgan fingerprint density at radius 3 is 1.98 bits per heavy atom. The second-order valence-corrected chi connectivity index (χ2v) is 12.2. The molecule has 0 unspecified atom stereocenters. The molecule has 1 saturated heterocycles. The molecule has 0 radical (unpaired) electrons. The highest BCUT2D eigenvalue weighted by atomic mass is 32.1. The Bertz CT molecular complexity index is 1730. The summed E-state index contributed by atoms with van der Waals surface area (Å²) in [4.78, 5) is 0. The molecule has 1 saturated carbocycles. The van der Waals surface area contributed by atoms with Crippen LogP contribution in [0.25, 0.3) is 22.3 Å². The van der Waals surface area contributed by atoms with Crippen molar-refractivity contribution in [3.63, 3.8) is 0 Å². The zero-order valence-corrected chi connectivity index (χ0v) is 25.5. The van der Waals surface area contributed by atoms with Crippen LogP contribution in [0.2, 0.25) is 0 Å². The van der Waals surface area contributed by atoms with Crippen molar-refractivity contribution in [1.29, 1.82) is 0 Å². The summed E-state index contributed by atoms with van der Waals surface area (Å²) >= 11 is 4.54. The van der Waals surface area contributed by atoms with Crippen molar-refractivity contribution in [2.24, 2.45) is 5.92 Å². The van der Waals surface area contributed by atoms with E-state index in [-0.39, 0.29) is 28.7 Å². The molecular weight excluding hydrogens is 654 g/mol. The van der Waals surface area contributed by atoms with Gasteiger partial charge in [-0.25, -0.2) is 26.3 Å². The first kappa shape index (κ1) is 33.5. The monoisotopic (exact) mass is 684 g/mol. The van der Waals surface area contributed by atoms with Gasteiger partial charge in [0.1, 0.15) is 29.3 Å². The van der Waals surface area contributed by atoms with Crippen molar-refractivity contribution in [3.05, 3.63) is 84.0 Å². The highest BCUT2D eigenvalue weighted by molar-refractivity contribution is 7.80. The maximum Gasteiger partial charge on any atom is 0.194 e. The zero-order chi connectivity index (χ0) is 33.8. The van der Waals surface area contributed by atoms with Crippen LogP contribution in [0, 0.1) is 40.8 Å². The van der Waals surface area contributed by atoms with E-state index in [9.17, 15) is 41.7 Å². The minimum Gasteiger partial charge on any atom is -0.394 e. The average Bonchev–Trinajstić information content (AvgIpc) is 3.74. The lowest BCUT2D eigenvalue weighted by Gasteiger charge is -2.57. The quantitative estimate of drug-likeness (QED) is 0.130. The standard InChI is InChI=1S/C31H30F6N4O5S/c1-45-29-30(47)46-24(13-42)28(44)31(29,41-12-17(10-39-41)15-7-21(34)26(37)22(35)8-15)18-3-2-4-23(27(18)43)40-11-16(9-38-40)14-5-19(32)25(36)20(33)6-14/h5-12,18,23-24,27-30,42-44,47H,2-4,13H2,1H3/t18-,23-,24-,27+,28+,29+,30+,31+/m0/s1. The molecular formula is C31H30F6N4O5S. The van der Waals surface area contributed by atoms with Crippen LogP contribution in [0.15, 0.2) is 49.1 Å². The Morgan fingerprint density at radius 2 is 1.43 bits per heavy atom. The fourth-order valence-electron chi connectivity index (χ4n) is 7.08. The lowest BCUT2D eigenvalue weighted by Crippen LogP contribution is -2.72. The summed E-state index contributed by atoms with van der Waals surface area (Å²) in [6.45, 7) is -0.654. The zero-order valence-electron chi connectivity index (χ0n) is 24.7. The predicted molar refractivity (Wildman–Crippen MR) is 157 cm³/mol. The lowest BCUT2D eigenvalue weighted by molar-refractivity contribution is -0.256. The topological polar surface area (TPSA) is 115 Å². The molecule has 47 heavy (non-hydrogen) atoms. The number of rotatable bonds is 7. The van der Waals surface area contributed by atoms with Gasteiger partial charge in [0, 0.05) is 36.5 Å². The van der Waals surface area contributed by atoms with Gasteiger partial charge in [-0.05, 0) is 48.2 Å². The molecule has 2 fully saturated rings. The Kier molecular flexibility index (Phi) is 9.19. The molecule has 2 aliphatic rings. The van der Waals surface area contributed by atoms with Crippen LogP contribution in [-0.4, -0.2) is 78.4 Å². The number of benzene rings is 2. The number of hydrogen-bond acceptors (Lipinski definition) is 8. The Hall–Kier alpha value is -3.41. The van der Waals surface area contributed by atoms with Gasteiger partial charge in [-0.2, -0.15) is 10.2 Å². The second-order valence-electron chi connectivity index (χ2n) is 11.7. The van der Waals surface area contributed by atoms with Gasteiger partial charge in [0.25, 0.3) is 0 Å². The molecule has 8 atom stereocenters. The smallest absolute Gasteiger partial charge is 0.194 e. The minimum absolute atomic E-state index is 0.0201. The summed E-state index contributed by atoms with van der Waals surface area (Å²) < 4.78 is 97.8. The molecule has 6 rings (SSSR count). The number of aromatic nitrogens is 4. The largest absolute Gasteiger partial charge is 0.394 e. The summed E-state index contributed by atoms with van der Waals surface area (Å²) in [5, 5.41) is 42.9. The van der Waals surface area contributed by atoms with Gasteiger partial charge in [-0.3, -0.25) is 9.36 Å². The van der Waals surface area contributed by atoms with Gasteiger partial charge < -0.3 is 24.8 Å². The SMILES string of the molecule is CO[C@@H]1[C@@H](S)O[C@@H](CO)[C@@H](O)[C@@]1([C@H]1CCC[C@H](n2cc(-c3cc(F)c(F)c(F)c3)cn2)[C@@H]1O)n1cc(-c2cc(F)c(F)c(F)c2)cn1. The van der Waals surface area contributed by atoms with Crippen LogP contribution >= 0.6 is 12.6 Å². The van der Waals surface area contributed by atoms with Crippen LogP contribution < -0.4 is 0 Å². The average molecular weight is 685 g/mol. The van der Waals surface area contributed by atoms with Crippen molar-refractivity contribution >= 4 is 12.6 Å². The lowest BCUT2D eigenvalue weighted by atomic mass is 9.64. The molecule has 0 bridgehead atoms. The molecule has 3 heterocycles. The summed E-state index contributed by atoms with van der Waals surface area (Å²) in [5.74, 6) is -9.78. The van der Waals surface area contributed by atoms with E-state index in [4.69, 9.17) is 9.47 Å². The third-order valence-electron chi connectivity index (χ3n) is 9.26. The highest BCUT2D eigenvalue weighted by Gasteiger charge is 2.64. The summed E-state index contributed by atoms with van der Waals surface area (Å²) in [7, 11) is 1.33. The number of nitrogens with zero attached hydrogens (tertiary/aromatic N) is 4. The number of thiol groups is 1. The Balaban J connectivity index is 1.44. The van der Waals surface area contributed by atoms with E-state index in [0.717, 1.165) is 24.3 Å². The van der Waals surface area contributed by atoms with Crippen LogP contribution in [-0.2, 0) is 15.0 Å². The first-order valence-corrected chi connectivity index (χ1v) is 15.2. The maximum absolute atomic E-state index is 14.2. The second kappa shape index (κ2) is 12.9. The van der Waals surface area contributed by atoms with Gasteiger partial charge >= 0.3 is 0 Å². The molecule has 252 valence electrons. The number of hydrogen-bond donors (Lipinski definition) is 4. The summed E-state index contributed by atoms with van der Waals surface area (Å²) in [6.07, 6.45) is 1.25. The van der Waals surface area contributed by atoms with Crippen LogP contribution in [0.1, 0.15) is 25.3 Å². The third-order valence-corrected chi connectivity index (χ3v) is 9.65. The van der Waals surface area contributed by atoms with E-state index in [0.29, 0.717) is 12.8 Å². The van der Waals surface area contributed by atoms with Crippen molar-refractivity contribution in [1.82, 2.24) is 19.6 Å². The van der Waals surface area contributed by atoms with Gasteiger partial charge in [0.05, 0.1) is 31.1 Å². The highest BCUT2D eigenvalue weighted by Crippen LogP contribution is 2.51. The van der Waals surface area contributed by atoms with Crippen LogP contribution in [0.3, 0.4) is 0 Å². The fourth-order valence-corrected chi connectivity index (χ4v) is 7.60. The molecule has 2 aromatic heterocycles. The number of aliphatic hydroxyl groups excluding tert-OH is 3. The summed E-state index contributed by atoms with van der Waals surface area (Å²) in [6, 6.07) is 2.47. The van der Waals surface area contributed by atoms with Gasteiger partial charge in [0.15, 0.2) is 34.9 Å². The Labute approximate surface area is 269 Å². The summed E-state index contributed by atoms with van der Waals surface area (Å²) in [5.41, 5.74) is -2.44. The molecule has 4 aromatic rings. The van der Waals surface area contributed by atoms with Gasteiger partial charge in [-0.15, -0.1) is 12.6 Å².